The van der Waals surface area contributed by atoms with E-state index in [4.69, 9.17) is 11.6 Å². The Labute approximate surface area is 112 Å². The first-order valence-electron chi connectivity index (χ1n) is 5.03. The van der Waals surface area contributed by atoms with Crippen molar-refractivity contribution in [2.24, 2.45) is 0 Å². The smallest absolute Gasteiger partial charge is 0.0563 e. The number of hydrogen-bond acceptors (Lipinski definition) is 0. The van der Waals surface area contributed by atoms with Crippen LogP contribution >= 0.6 is 34.2 Å². The van der Waals surface area contributed by atoms with Gasteiger partial charge in [0.05, 0.1) is 5.02 Å². The molecule has 0 aliphatic rings. The van der Waals surface area contributed by atoms with Gasteiger partial charge in [0.15, 0.2) is 0 Å². The molecular weight excluding hydrogens is 331 g/mol. The fourth-order valence-corrected chi connectivity index (χ4v) is 2.99. The highest BCUT2D eigenvalue weighted by molar-refractivity contribution is 14.1. The van der Waals surface area contributed by atoms with Crippen LogP contribution in [0.5, 0.6) is 0 Å². The Morgan fingerprint density at radius 2 is 1.56 bits per heavy atom. The lowest BCUT2D eigenvalue weighted by atomic mass is 10.0. The first-order chi connectivity index (χ1) is 7.77. The van der Waals surface area contributed by atoms with E-state index in [9.17, 15) is 0 Å². The summed E-state index contributed by atoms with van der Waals surface area (Å²) in [7, 11) is 0. The minimum absolute atomic E-state index is 0.853. The molecule has 0 aliphatic carbocycles. The van der Waals surface area contributed by atoms with Gasteiger partial charge in [-0.25, -0.2) is 0 Å². The van der Waals surface area contributed by atoms with Crippen molar-refractivity contribution < 1.29 is 0 Å². The second-order valence-electron chi connectivity index (χ2n) is 3.75. The van der Waals surface area contributed by atoms with E-state index in [1.807, 2.05) is 18.2 Å². The molecule has 0 saturated heterocycles. The van der Waals surface area contributed by atoms with Crippen LogP contribution in [-0.4, -0.2) is 0 Å². The van der Waals surface area contributed by atoms with E-state index in [1.54, 1.807) is 0 Å². The number of benzene rings is 3. The third-order valence-corrected chi connectivity index (χ3v) is 4.13. The Morgan fingerprint density at radius 1 is 0.812 bits per heavy atom. The predicted octanol–water partition coefficient (Wildman–Crippen LogP) is 5.25. The van der Waals surface area contributed by atoms with Gasteiger partial charge < -0.3 is 0 Å². The van der Waals surface area contributed by atoms with Crippen molar-refractivity contribution in [3.05, 3.63) is 57.1 Å². The number of halogens is 2. The summed E-state index contributed by atoms with van der Waals surface area (Å²) in [6, 6.07) is 16.7. The predicted molar refractivity (Wildman–Crippen MR) is 79.2 cm³/mol. The molecule has 78 valence electrons. The molecule has 0 atom stereocenters. The zero-order valence-electron chi connectivity index (χ0n) is 8.37. The van der Waals surface area contributed by atoms with Gasteiger partial charge in [-0.05, 0) is 45.5 Å². The zero-order valence-corrected chi connectivity index (χ0v) is 11.3. The minimum Gasteiger partial charge on any atom is -0.0830 e. The summed E-state index contributed by atoms with van der Waals surface area (Å²) in [6.45, 7) is 0. The van der Waals surface area contributed by atoms with E-state index in [0.29, 0.717) is 0 Å². The van der Waals surface area contributed by atoms with Crippen LogP contribution in [0.4, 0.5) is 0 Å². The standard InChI is InChI=1S/C14H8ClI/c15-14-10-5-2-1-4-9(10)8-12-11(14)6-3-7-13(12)16/h1-8H. The molecule has 0 aliphatic heterocycles. The van der Waals surface area contributed by atoms with E-state index in [2.05, 4.69) is 52.9 Å². The molecule has 0 amide bonds. The molecule has 0 spiro atoms. The van der Waals surface area contributed by atoms with Crippen molar-refractivity contribution >= 4 is 55.7 Å². The van der Waals surface area contributed by atoms with Crippen LogP contribution in [0.3, 0.4) is 0 Å². The second kappa shape index (κ2) is 3.90. The maximum absolute atomic E-state index is 6.44. The van der Waals surface area contributed by atoms with E-state index in [1.165, 1.54) is 14.3 Å². The third kappa shape index (κ3) is 1.50. The average molecular weight is 339 g/mol. The molecule has 0 fully saturated rings. The zero-order chi connectivity index (χ0) is 11.1. The highest BCUT2D eigenvalue weighted by Gasteiger charge is 2.06. The van der Waals surface area contributed by atoms with Gasteiger partial charge in [0.2, 0.25) is 0 Å². The van der Waals surface area contributed by atoms with Gasteiger partial charge in [-0.15, -0.1) is 0 Å². The maximum atomic E-state index is 6.44. The molecule has 0 saturated carbocycles. The van der Waals surface area contributed by atoms with Gasteiger partial charge in [0, 0.05) is 14.3 Å². The molecule has 16 heavy (non-hydrogen) atoms. The van der Waals surface area contributed by atoms with Crippen molar-refractivity contribution in [2.45, 2.75) is 0 Å². The fourth-order valence-electron chi connectivity index (χ4n) is 2.00. The van der Waals surface area contributed by atoms with E-state index in [0.717, 1.165) is 15.8 Å². The Bertz CT molecular complexity index is 689. The molecular formula is C14H8ClI. The van der Waals surface area contributed by atoms with Crippen molar-refractivity contribution in [1.29, 1.82) is 0 Å². The van der Waals surface area contributed by atoms with E-state index >= 15 is 0 Å². The molecule has 0 radical (unpaired) electrons. The Kier molecular flexibility index (Phi) is 2.52. The van der Waals surface area contributed by atoms with Crippen LogP contribution < -0.4 is 0 Å². The molecule has 3 aromatic carbocycles. The van der Waals surface area contributed by atoms with Gasteiger partial charge in [0.25, 0.3) is 0 Å². The van der Waals surface area contributed by atoms with E-state index < -0.39 is 0 Å². The molecule has 3 aromatic rings. The largest absolute Gasteiger partial charge is 0.0830 e. The Balaban J connectivity index is 2.61. The summed E-state index contributed by atoms with van der Waals surface area (Å²) in [4.78, 5) is 0. The van der Waals surface area contributed by atoms with Gasteiger partial charge in [-0.2, -0.15) is 0 Å². The summed E-state index contributed by atoms with van der Waals surface area (Å²) in [5.74, 6) is 0. The van der Waals surface area contributed by atoms with Crippen LogP contribution in [0.2, 0.25) is 5.02 Å². The minimum atomic E-state index is 0.853. The maximum Gasteiger partial charge on any atom is 0.0563 e. The Morgan fingerprint density at radius 3 is 2.44 bits per heavy atom. The van der Waals surface area contributed by atoms with Crippen LogP contribution in [0.15, 0.2) is 48.5 Å². The Hall–Kier alpha value is -0.800. The summed E-state index contributed by atoms with van der Waals surface area (Å²) < 4.78 is 1.24. The molecule has 0 bridgehead atoms. The lowest BCUT2D eigenvalue weighted by molar-refractivity contribution is 1.72. The summed E-state index contributed by atoms with van der Waals surface area (Å²) in [6.07, 6.45) is 0. The van der Waals surface area contributed by atoms with Crippen molar-refractivity contribution in [3.63, 3.8) is 0 Å². The van der Waals surface area contributed by atoms with Crippen LogP contribution in [-0.2, 0) is 0 Å². The molecule has 0 unspecified atom stereocenters. The molecule has 0 aromatic heterocycles. The third-order valence-electron chi connectivity index (χ3n) is 2.79. The topological polar surface area (TPSA) is 0 Å². The first-order valence-corrected chi connectivity index (χ1v) is 6.48. The highest BCUT2D eigenvalue weighted by Crippen LogP contribution is 2.34. The van der Waals surface area contributed by atoms with Crippen LogP contribution in [0.1, 0.15) is 0 Å². The van der Waals surface area contributed by atoms with Gasteiger partial charge >= 0.3 is 0 Å². The SMILES string of the molecule is Clc1c2ccccc2cc2c(I)cccc12. The molecule has 0 heterocycles. The first kappa shape index (κ1) is 10.4. The molecule has 0 nitrogen and oxygen atoms in total. The second-order valence-corrected chi connectivity index (χ2v) is 5.29. The van der Waals surface area contributed by atoms with Crippen LogP contribution in [0.25, 0.3) is 21.5 Å². The number of fused-ring (bicyclic) bond motifs is 2. The molecule has 0 N–H and O–H groups in total. The lowest BCUT2D eigenvalue weighted by Crippen LogP contribution is -1.81. The normalized spacial score (nSPS) is 11.1. The lowest BCUT2D eigenvalue weighted by Gasteiger charge is -2.07. The fraction of sp³-hybridized carbons (Fsp3) is 0. The summed E-state index contributed by atoms with van der Waals surface area (Å²) >= 11 is 8.79. The summed E-state index contributed by atoms with van der Waals surface area (Å²) in [5.41, 5.74) is 0. The van der Waals surface area contributed by atoms with Crippen LogP contribution in [0, 0.1) is 3.57 Å². The number of rotatable bonds is 0. The van der Waals surface area contributed by atoms with Gasteiger partial charge in [-0.3, -0.25) is 0 Å². The monoisotopic (exact) mass is 338 g/mol. The quantitative estimate of drug-likeness (QED) is 0.388. The molecule has 2 heteroatoms. The molecule has 3 rings (SSSR count). The van der Waals surface area contributed by atoms with Gasteiger partial charge in [-0.1, -0.05) is 48.0 Å². The summed E-state index contributed by atoms with van der Waals surface area (Å²) in [5, 5.41) is 5.54. The number of hydrogen-bond donors (Lipinski definition) is 0. The van der Waals surface area contributed by atoms with Crippen molar-refractivity contribution in [2.75, 3.05) is 0 Å². The van der Waals surface area contributed by atoms with Gasteiger partial charge in [0.1, 0.15) is 0 Å². The van der Waals surface area contributed by atoms with Crippen molar-refractivity contribution in [3.8, 4) is 0 Å². The highest BCUT2D eigenvalue weighted by atomic mass is 127. The average Bonchev–Trinajstić information content (AvgIpc) is 2.31. The van der Waals surface area contributed by atoms with Crippen molar-refractivity contribution in [1.82, 2.24) is 0 Å². The van der Waals surface area contributed by atoms with E-state index in [-0.39, 0.29) is 0 Å².